The van der Waals surface area contributed by atoms with Gasteiger partial charge >= 0.3 is 5.97 Å². The molecule has 2 aromatic carbocycles. The molecule has 0 saturated carbocycles. The van der Waals surface area contributed by atoms with Crippen molar-refractivity contribution in [2.24, 2.45) is 0 Å². The highest BCUT2D eigenvalue weighted by Gasteiger charge is 2.24. The second-order valence-corrected chi connectivity index (χ2v) is 5.90. The van der Waals surface area contributed by atoms with Gasteiger partial charge in [0.15, 0.2) is 17.8 Å². The Hall–Kier alpha value is -3.41. The standard InChI is InChI=1S/C21H20N2O4/c1-3-26-21(25)18-19(27-13-22-18)16-11-7-8-12-17(16)20(24)23-14(2)15-9-5-4-6-10-15/h4-14H,3H2,1-2H3,(H,23,24). The first-order valence-electron chi connectivity index (χ1n) is 8.67. The van der Waals surface area contributed by atoms with Crippen molar-refractivity contribution in [2.45, 2.75) is 19.9 Å². The minimum absolute atomic E-state index is 0.0493. The number of oxazole rings is 1. The number of carbonyl (C=O) groups excluding carboxylic acids is 2. The van der Waals surface area contributed by atoms with E-state index in [4.69, 9.17) is 9.15 Å². The van der Waals surface area contributed by atoms with Gasteiger partial charge in [-0.3, -0.25) is 4.79 Å². The predicted molar refractivity (Wildman–Crippen MR) is 100 cm³/mol. The molecule has 3 rings (SSSR count). The molecular weight excluding hydrogens is 344 g/mol. The van der Waals surface area contributed by atoms with Crippen molar-refractivity contribution in [2.75, 3.05) is 6.61 Å². The summed E-state index contributed by atoms with van der Waals surface area (Å²) in [7, 11) is 0. The van der Waals surface area contributed by atoms with Crippen LogP contribution in [-0.2, 0) is 4.74 Å². The van der Waals surface area contributed by atoms with Crippen LogP contribution < -0.4 is 5.32 Å². The van der Waals surface area contributed by atoms with Crippen LogP contribution in [0.5, 0.6) is 0 Å². The zero-order valence-corrected chi connectivity index (χ0v) is 15.1. The molecule has 6 heteroatoms. The second-order valence-electron chi connectivity index (χ2n) is 5.90. The van der Waals surface area contributed by atoms with Gasteiger partial charge in [-0.1, -0.05) is 48.5 Å². The van der Waals surface area contributed by atoms with Crippen molar-refractivity contribution in [3.05, 3.63) is 77.8 Å². The molecule has 0 saturated heterocycles. The summed E-state index contributed by atoms with van der Waals surface area (Å²) in [5.41, 5.74) is 1.92. The average Bonchev–Trinajstić information content (AvgIpc) is 3.18. The number of aromatic nitrogens is 1. The lowest BCUT2D eigenvalue weighted by molar-refractivity contribution is 0.0520. The van der Waals surface area contributed by atoms with Crippen LogP contribution >= 0.6 is 0 Å². The van der Waals surface area contributed by atoms with Crippen LogP contribution in [0.1, 0.15) is 46.3 Å². The van der Waals surface area contributed by atoms with E-state index < -0.39 is 5.97 Å². The minimum atomic E-state index is -0.589. The maximum atomic E-state index is 12.9. The molecule has 138 valence electrons. The highest BCUT2D eigenvalue weighted by molar-refractivity contribution is 6.03. The maximum absolute atomic E-state index is 12.9. The third-order valence-electron chi connectivity index (χ3n) is 4.10. The highest BCUT2D eigenvalue weighted by Crippen LogP contribution is 2.28. The normalized spacial score (nSPS) is 11.6. The molecule has 1 unspecified atom stereocenters. The molecule has 1 amide bonds. The molecule has 3 aromatic rings. The summed E-state index contributed by atoms with van der Waals surface area (Å²) in [5, 5.41) is 2.97. The van der Waals surface area contributed by atoms with Crippen molar-refractivity contribution in [1.82, 2.24) is 10.3 Å². The number of esters is 1. The molecule has 0 radical (unpaired) electrons. The quantitative estimate of drug-likeness (QED) is 0.668. The van der Waals surface area contributed by atoms with Gasteiger partial charge in [0.05, 0.1) is 18.2 Å². The third-order valence-corrected chi connectivity index (χ3v) is 4.10. The van der Waals surface area contributed by atoms with Gasteiger partial charge in [-0.25, -0.2) is 9.78 Å². The Balaban J connectivity index is 1.90. The molecular formula is C21H20N2O4. The summed E-state index contributed by atoms with van der Waals surface area (Å²) < 4.78 is 10.4. The Kier molecular flexibility index (Phi) is 5.66. The van der Waals surface area contributed by atoms with Gasteiger partial charge < -0.3 is 14.5 Å². The number of ether oxygens (including phenoxy) is 1. The topological polar surface area (TPSA) is 81.4 Å². The molecule has 27 heavy (non-hydrogen) atoms. The first-order chi connectivity index (χ1) is 13.1. The summed E-state index contributed by atoms with van der Waals surface area (Å²) in [6, 6.07) is 16.4. The highest BCUT2D eigenvalue weighted by atomic mass is 16.5. The Morgan fingerprint density at radius 3 is 2.56 bits per heavy atom. The van der Waals surface area contributed by atoms with Crippen molar-refractivity contribution < 1.29 is 18.7 Å². The average molecular weight is 364 g/mol. The first-order valence-corrected chi connectivity index (χ1v) is 8.67. The van der Waals surface area contributed by atoms with Crippen LogP contribution in [0.15, 0.2) is 65.4 Å². The van der Waals surface area contributed by atoms with Crippen LogP contribution in [0.3, 0.4) is 0 Å². The van der Waals surface area contributed by atoms with Gasteiger partial charge in [-0.05, 0) is 25.5 Å². The number of amides is 1. The van der Waals surface area contributed by atoms with Crippen molar-refractivity contribution in [3.8, 4) is 11.3 Å². The van der Waals surface area contributed by atoms with E-state index in [1.165, 1.54) is 6.39 Å². The van der Waals surface area contributed by atoms with E-state index in [2.05, 4.69) is 10.3 Å². The van der Waals surface area contributed by atoms with Crippen LogP contribution in [0, 0.1) is 0 Å². The Morgan fingerprint density at radius 1 is 1.11 bits per heavy atom. The van der Waals surface area contributed by atoms with Crippen LogP contribution in [-0.4, -0.2) is 23.5 Å². The number of carbonyl (C=O) groups is 2. The zero-order chi connectivity index (χ0) is 19.2. The summed E-state index contributed by atoms with van der Waals surface area (Å²) in [6.45, 7) is 3.85. The monoisotopic (exact) mass is 364 g/mol. The minimum Gasteiger partial charge on any atom is -0.461 e. The van der Waals surface area contributed by atoms with Crippen molar-refractivity contribution in [1.29, 1.82) is 0 Å². The molecule has 1 aromatic heterocycles. The van der Waals surface area contributed by atoms with Crippen LogP contribution in [0.2, 0.25) is 0 Å². The first kappa shape index (κ1) is 18.4. The van der Waals surface area contributed by atoms with E-state index in [9.17, 15) is 9.59 Å². The molecule has 1 atom stereocenters. The van der Waals surface area contributed by atoms with Gasteiger partial charge in [0.1, 0.15) is 0 Å². The fourth-order valence-corrected chi connectivity index (χ4v) is 2.76. The fourth-order valence-electron chi connectivity index (χ4n) is 2.76. The van der Waals surface area contributed by atoms with Gasteiger partial charge in [0.2, 0.25) is 0 Å². The van der Waals surface area contributed by atoms with E-state index >= 15 is 0 Å². The third kappa shape index (κ3) is 4.06. The lowest BCUT2D eigenvalue weighted by atomic mass is 10.0. The predicted octanol–water partition coefficient (Wildman–Crippen LogP) is 4.01. The SMILES string of the molecule is CCOC(=O)c1ncoc1-c1ccccc1C(=O)NC(C)c1ccccc1. The molecule has 0 bridgehead atoms. The van der Waals surface area contributed by atoms with Crippen LogP contribution in [0.4, 0.5) is 0 Å². The number of hydrogen-bond donors (Lipinski definition) is 1. The lowest BCUT2D eigenvalue weighted by Gasteiger charge is -2.15. The van der Waals surface area contributed by atoms with E-state index in [1.54, 1.807) is 31.2 Å². The largest absolute Gasteiger partial charge is 0.461 e. The Labute approximate surface area is 157 Å². The molecule has 0 spiro atoms. The van der Waals surface area contributed by atoms with E-state index in [0.29, 0.717) is 11.1 Å². The fraction of sp³-hybridized carbons (Fsp3) is 0.190. The molecule has 0 aliphatic rings. The molecule has 1 N–H and O–H groups in total. The summed E-state index contributed by atoms with van der Waals surface area (Å²) in [4.78, 5) is 28.9. The number of rotatable bonds is 6. The smallest absolute Gasteiger partial charge is 0.360 e. The zero-order valence-electron chi connectivity index (χ0n) is 15.1. The van der Waals surface area contributed by atoms with E-state index in [-0.39, 0.29) is 30.0 Å². The number of benzene rings is 2. The van der Waals surface area contributed by atoms with Crippen molar-refractivity contribution >= 4 is 11.9 Å². The number of hydrogen-bond acceptors (Lipinski definition) is 5. The van der Waals surface area contributed by atoms with E-state index in [1.807, 2.05) is 37.3 Å². The Morgan fingerprint density at radius 2 is 1.81 bits per heavy atom. The van der Waals surface area contributed by atoms with Gasteiger partial charge in [0, 0.05) is 5.56 Å². The summed E-state index contributed by atoms with van der Waals surface area (Å²) >= 11 is 0. The molecule has 1 heterocycles. The van der Waals surface area contributed by atoms with Gasteiger partial charge in [-0.15, -0.1) is 0 Å². The Bertz CT molecular complexity index is 934. The molecule has 6 nitrogen and oxygen atoms in total. The molecule has 0 fully saturated rings. The molecule has 0 aliphatic heterocycles. The van der Waals surface area contributed by atoms with E-state index in [0.717, 1.165) is 5.56 Å². The maximum Gasteiger partial charge on any atom is 0.360 e. The summed E-state index contributed by atoms with van der Waals surface area (Å²) in [6.07, 6.45) is 1.17. The summed E-state index contributed by atoms with van der Waals surface area (Å²) in [5.74, 6) is -0.645. The lowest BCUT2D eigenvalue weighted by Crippen LogP contribution is -2.27. The molecule has 0 aliphatic carbocycles. The number of nitrogens with zero attached hydrogens (tertiary/aromatic N) is 1. The number of nitrogens with one attached hydrogen (secondary N) is 1. The second kappa shape index (κ2) is 8.31. The van der Waals surface area contributed by atoms with Gasteiger partial charge in [-0.2, -0.15) is 0 Å². The van der Waals surface area contributed by atoms with Crippen LogP contribution in [0.25, 0.3) is 11.3 Å². The van der Waals surface area contributed by atoms with Crippen molar-refractivity contribution in [3.63, 3.8) is 0 Å². The van der Waals surface area contributed by atoms with Gasteiger partial charge in [0.25, 0.3) is 5.91 Å².